The molecule has 0 spiro atoms. The first-order valence-electron chi connectivity index (χ1n) is 6.09. The summed E-state index contributed by atoms with van der Waals surface area (Å²) in [5, 5.41) is 16.4. The van der Waals surface area contributed by atoms with Gasteiger partial charge >= 0.3 is 0 Å². The van der Waals surface area contributed by atoms with Crippen LogP contribution >= 0.6 is 0 Å². The van der Waals surface area contributed by atoms with Crippen molar-refractivity contribution in [2.45, 2.75) is 12.5 Å². The fourth-order valence-corrected chi connectivity index (χ4v) is 1.70. The van der Waals surface area contributed by atoms with E-state index < -0.39 is 0 Å². The van der Waals surface area contributed by atoms with Crippen molar-refractivity contribution in [2.75, 3.05) is 19.0 Å². The van der Waals surface area contributed by atoms with Crippen LogP contribution in [0.15, 0.2) is 24.3 Å². The van der Waals surface area contributed by atoms with Crippen molar-refractivity contribution in [1.29, 1.82) is 0 Å². The Morgan fingerprint density at radius 2 is 2.40 bits per heavy atom. The molecule has 0 saturated heterocycles. The number of hydrogen-bond acceptors (Lipinski definition) is 6. The number of nitrogens with one attached hydrogen (secondary N) is 2. The molecule has 106 valence electrons. The summed E-state index contributed by atoms with van der Waals surface area (Å²) in [6, 6.07) is 7.19. The Labute approximate surface area is 115 Å². The molecule has 20 heavy (non-hydrogen) atoms. The first kappa shape index (κ1) is 14.1. The number of H-pyrrole nitrogens is 1. The van der Waals surface area contributed by atoms with Gasteiger partial charge in [-0.25, -0.2) is 0 Å². The SMILES string of the molecule is COC(CN)CC(=O)Nc1cccc(-c2nn[nH]n2)c1. The van der Waals surface area contributed by atoms with Gasteiger partial charge in [0.1, 0.15) is 0 Å². The average Bonchev–Trinajstić information content (AvgIpc) is 2.99. The van der Waals surface area contributed by atoms with E-state index in [1.807, 2.05) is 6.07 Å². The molecule has 0 aliphatic heterocycles. The lowest BCUT2D eigenvalue weighted by molar-refractivity contribution is -0.118. The number of nitrogens with two attached hydrogens (primary N) is 1. The number of tetrazole rings is 1. The van der Waals surface area contributed by atoms with Crippen molar-refractivity contribution in [3.05, 3.63) is 24.3 Å². The molecule has 1 aromatic heterocycles. The van der Waals surface area contributed by atoms with E-state index in [2.05, 4.69) is 25.9 Å². The molecule has 8 nitrogen and oxygen atoms in total. The zero-order chi connectivity index (χ0) is 14.4. The second-order valence-corrected chi connectivity index (χ2v) is 4.16. The van der Waals surface area contributed by atoms with Gasteiger partial charge in [0.05, 0.1) is 12.5 Å². The van der Waals surface area contributed by atoms with Crippen molar-refractivity contribution in [3.63, 3.8) is 0 Å². The zero-order valence-electron chi connectivity index (χ0n) is 11.0. The molecule has 0 fully saturated rings. The Balaban J connectivity index is 2.03. The largest absolute Gasteiger partial charge is 0.380 e. The minimum absolute atomic E-state index is 0.160. The van der Waals surface area contributed by atoms with Crippen molar-refractivity contribution in [3.8, 4) is 11.4 Å². The van der Waals surface area contributed by atoms with Gasteiger partial charge in [-0.2, -0.15) is 5.21 Å². The number of carbonyl (C=O) groups is 1. The van der Waals surface area contributed by atoms with Crippen LogP contribution in [-0.4, -0.2) is 46.3 Å². The van der Waals surface area contributed by atoms with E-state index >= 15 is 0 Å². The molecule has 0 aliphatic carbocycles. The quantitative estimate of drug-likeness (QED) is 0.692. The molecule has 0 saturated carbocycles. The molecular weight excluding hydrogens is 260 g/mol. The van der Waals surface area contributed by atoms with Crippen molar-refractivity contribution in [1.82, 2.24) is 20.6 Å². The number of carbonyl (C=O) groups excluding carboxylic acids is 1. The lowest BCUT2D eigenvalue weighted by Gasteiger charge is -2.12. The highest BCUT2D eigenvalue weighted by Crippen LogP contribution is 2.18. The number of nitrogens with zero attached hydrogens (tertiary/aromatic N) is 3. The topological polar surface area (TPSA) is 119 Å². The van der Waals surface area contributed by atoms with Crippen LogP contribution in [0, 0.1) is 0 Å². The summed E-state index contributed by atoms with van der Waals surface area (Å²) < 4.78 is 5.07. The number of hydrogen-bond donors (Lipinski definition) is 3. The number of rotatable bonds is 6. The highest BCUT2D eigenvalue weighted by atomic mass is 16.5. The molecule has 1 heterocycles. The van der Waals surface area contributed by atoms with Gasteiger partial charge in [0.15, 0.2) is 0 Å². The number of aromatic nitrogens is 4. The van der Waals surface area contributed by atoms with Gasteiger partial charge in [-0.3, -0.25) is 4.79 Å². The Hall–Kier alpha value is -2.32. The first-order chi connectivity index (χ1) is 9.72. The van der Waals surface area contributed by atoms with E-state index in [0.29, 0.717) is 18.1 Å². The summed E-state index contributed by atoms with van der Waals surface area (Å²) in [6.07, 6.45) is -0.0743. The van der Waals surface area contributed by atoms with Crippen LogP contribution in [-0.2, 0) is 9.53 Å². The molecule has 0 aliphatic rings. The fraction of sp³-hybridized carbons (Fsp3) is 0.333. The fourth-order valence-electron chi connectivity index (χ4n) is 1.70. The molecule has 1 amide bonds. The smallest absolute Gasteiger partial charge is 0.227 e. The van der Waals surface area contributed by atoms with Crippen LogP contribution in [0.2, 0.25) is 0 Å². The van der Waals surface area contributed by atoms with Gasteiger partial charge < -0.3 is 15.8 Å². The highest BCUT2D eigenvalue weighted by molar-refractivity contribution is 5.91. The van der Waals surface area contributed by atoms with Gasteiger partial charge in [-0.1, -0.05) is 12.1 Å². The third-order valence-electron chi connectivity index (χ3n) is 2.76. The predicted molar refractivity (Wildman–Crippen MR) is 72.7 cm³/mol. The summed E-state index contributed by atoms with van der Waals surface area (Å²) in [4.78, 5) is 11.8. The molecule has 1 unspecified atom stereocenters. The van der Waals surface area contributed by atoms with Crippen LogP contribution in [0.5, 0.6) is 0 Å². The summed E-state index contributed by atoms with van der Waals surface area (Å²) >= 11 is 0. The summed E-state index contributed by atoms with van der Waals surface area (Å²) in [6.45, 7) is 0.298. The summed E-state index contributed by atoms with van der Waals surface area (Å²) in [5.74, 6) is 0.311. The van der Waals surface area contributed by atoms with Crippen LogP contribution < -0.4 is 11.1 Å². The Morgan fingerprint density at radius 3 is 3.05 bits per heavy atom. The average molecular weight is 276 g/mol. The molecule has 1 aromatic carbocycles. The lowest BCUT2D eigenvalue weighted by atomic mass is 10.2. The van der Waals surface area contributed by atoms with Crippen LogP contribution in [0.3, 0.4) is 0 Å². The second-order valence-electron chi connectivity index (χ2n) is 4.16. The molecular formula is C12H16N6O2. The Kier molecular flexibility index (Phi) is 4.75. The monoisotopic (exact) mass is 276 g/mol. The van der Waals surface area contributed by atoms with E-state index in [1.54, 1.807) is 18.2 Å². The van der Waals surface area contributed by atoms with Crippen molar-refractivity contribution >= 4 is 11.6 Å². The third-order valence-corrected chi connectivity index (χ3v) is 2.76. The predicted octanol–water partition coefficient (Wildman–Crippen LogP) is 0.169. The number of ether oxygens (including phenoxy) is 1. The molecule has 1 atom stereocenters. The minimum Gasteiger partial charge on any atom is -0.380 e. The molecule has 0 radical (unpaired) electrons. The van der Waals surface area contributed by atoms with E-state index in [0.717, 1.165) is 5.56 Å². The summed E-state index contributed by atoms with van der Waals surface area (Å²) in [5.41, 5.74) is 6.90. The van der Waals surface area contributed by atoms with Crippen molar-refractivity contribution in [2.24, 2.45) is 5.73 Å². The third kappa shape index (κ3) is 3.59. The number of aromatic amines is 1. The van der Waals surface area contributed by atoms with E-state index in [4.69, 9.17) is 10.5 Å². The molecule has 4 N–H and O–H groups in total. The number of anilines is 1. The Morgan fingerprint density at radius 1 is 1.55 bits per heavy atom. The minimum atomic E-state index is -0.282. The maximum Gasteiger partial charge on any atom is 0.227 e. The normalized spacial score (nSPS) is 12.1. The summed E-state index contributed by atoms with van der Waals surface area (Å²) in [7, 11) is 1.53. The van der Waals surface area contributed by atoms with Crippen LogP contribution in [0.1, 0.15) is 6.42 Å². The number of amides is 1. The number of benzene rings is 1. The molecule has 2 aromatic rings. The lowest BCUT2D eigenvalue weighted by Crippen LogP contribution is -2.28. The maximum absolute atomic E-state index is 11.8. The number of methoxy groups -OCH3 is 1. The van der Waals surface area contributed by atoms with Gasteiger partial charge in [0.25, 0.3) is 0 Å². The first-order valence-corrected chi connectivity index (χ1v) is 6.09. The Bertz CT molecular complexity index is 553. The van der Waals surface area contributed by atoms with E-state index in [-0.39, 0.29) is 18.4 Å². The van der Waals surface area contributed by atoms with Crippen LogP contribution in [0.4, 0.5) is 5.69 Å². The maximum atomic E-state index is 11.8. The van der Waals surface area contributed by atoms with Crippen LogP contribution in [0.25, 0.3) is 11.4 Å². The van der Waals surface area contributed by atoms with Gasteiger partial charge in [0, 0.05) is 24.9 Å². The van der Waals surface area contributed by atoms with Gasteiger partial charge in [-0.15, -0.1) is 10.2 Å². The molecule has 2 rings (SSSR count). The van der Waals surface area contributed by atoms with Crippen molar-refractivity contribution < 1.29 is 9.53 Å². The molecule has 8 heteroatoms. The zero-order valence-corrected chi connectivity index (χ0v) is 11.0. The van der Waals surface area contributed by atoms with E-state index in [9.17, 15) is 4.79 Å². The second kappa shape index (κ2) is 6.73. The molecule has 0 bridgehead atoms. The van der Waals surface area contributed by atoms with Gasteiger partial charge in [0.2, 0.25) is 11.7 Å². The highest BCUT2D eigenvalue weighted by Gasteiger charge is 2.12. The van der Waals surface area contributed by atoms with E-state index in [1.165, 1.54) is 7.11 Å². The standard InChI is InChI=1S/C12H16N6O2/c1-20-10(7-13)6-11(19)14-9-4-2-3-8(5-9)12-15-17-18-16-12/h2-5,10H,6-7,13H2,1H3,(H,14,19)(H,15,16,17,18). The van der Waals surface area contributed by atoms with Gasteiger partial charge in [-0.05, 0) is 17.3 Å².